The summed E-state index contributed by atoms with van der Waals surface area (Å²) in [5, 5.41) is 16.3. The average Bonchev–Trinajstić information content (AvgIpc) is 3.15. The fourth-order valence-corrected chi connectivity index (χ4v) is 4.01. The number of rotatable bonds is 7. The van der Waals surface area contributed by atoms with E-state index in [1.807, 2.05) is 0 Å². The van der Waals surface area contributed by atoms with Crippen LogP contribution in [0.4, 0.5) is 15.8 Å². The van der Waals surface area contributed by atoms with E-state index in [1.54, 1.807) is 30.2 Å². The van der Waals surface area contributed by atoms with Crippen molar-refractivity contribution in [1.29, 1.82) is 0 Å². The number of carbonyl (C=O) groups is 2. The second-order valence-electron chi connectivity index (χ2n) is 8.31. The molecule has 4 rings (SSSR count). The molecule has 1 atom stereocenters. The number of halogens is 1. The Morgan fingerprint density at radius 1 is 1.17 bits per heavy atom. The third kappa shape index (κ3) is 5.40. The Balaban J connectivity index is 1.25. The summed E-state index contributed by atoms with van der Waals surface area (Å²) in [6.07, 6.45) is 1.59. The standard InChI is InChI=1S/C24H25FN6O4/c1-17-21(24(33)30(27-17)18-6-8-19(9-7-18)31(34)35)16-26-10-11-28-12-14-29(15-13-28)23(32)20-4-2-3-5-22(20)25/h2-9,16,21H,10-15H2,1H3/t21-/m0/s1. The van der Waals surface area contributed by atoms with E-state index in [0.29, 0.717) is 50.7 Å². The van der Waals surface area contributed by atoms with Crippen molar-refractivity contribution in [2.45, 2.75) is 6.92 Å². The van der Waals surface area contributed by atoms with Crippen LogP contribution in [0.2, 0.25) is 0 Å². The Kier molecular flexibility index (Phi) is 7.25. The number of hydrogen-bond donors (Lipinski definition) is 0. The van der Waals surface area contributed by atoms with E-state index >= 15 is 0 Å². The van der Waals surface area contributed by atoms with Gasteiger partial charge in [-0.05, 0) is 31.2 Å². The molecule has 2 aliphatic rings. The summed E-state index contributed by atoms with van der Waals surface area (Å²) in [6, 6.07) is 11.6. The monoisotopic (exact) mass is 480 g/mol. The quantitative estimate of drug-likeness (QED) is 0.344. The van der Waals surface area contributed by atoms with E-state index in [1.165, 1.54) is 41.4 Å². The molecule has 0 spiro atoms. The van der Waals surface area contributed by atoms with Gasteiger partial charge in [0.1, 0.15) is 11.7 Å². The zero-order valence-corrected chi connectivity index (χ0v) is 19.2. The number of benzene rings is 2. The Hall–Kier alpha value is -3.99. The predicted octanol–water partition coefficient (Wildman–Crippen LogP) is 2.60. The van der Waals surface area contributed by atoms with Crippen LogP contribution in [0.25, 0.3) is 0 Å². The lowest BCUT2D eigenvalue weighted by molar-refractivity contribution is -0.384. The van der Waals surface area contributed by atoms with Crippen LogP contribution in [0.1, 0.15) is 17.3 Å². The summed E-state index contributed by atoms with van der Waals surface area (Å²) in [5.74, 6) is -1.66. The van der Waals surface area contributed by atoms with Crippen LogP contribution in [0.15, 0.2) is 58.6 Å². The van der Waals surface area contributed by atoms with E-state index in [0.717, 1.165) is 0 Å². The number of non-ortho nitro benzene ring substituents is 1. The van der Waals surface area contributed by atoms with Crippen LogP contribution in [-0.4, -0.2) is 77.7 Å². The molecule has 2 aromatic rings. The Morgan fingerprint density at radius 3 is 2.51 bits per heavy atom. The highest BCUT2D eigenvalue weighted by Crippen LogP contribution is 2.25. The van der Waals surface area contributed by atoms with E-state index < -0.39 is 16.7 Å². The molecule has 0 saturated carbocycles. The van der Waals surface area contributed by atoms with Crippen LogP contribution in [0.5, 0.6) is 0 Å². The highest BCUT2D eigenvalue weighted by Gasteiger charge is 2.33. The van der Waals surface area contributed by atoms with Gasteiger partial charge in [0.2, 0.25) is 0 Å². The predicted molar refractivity (Wildman–Crippen MR) is 129 cm³/mol. The molecule has 0 bridgehead atoms. The Morgan fingerprint density at radius 2 is 1.86 bits per heavy atom. The molecule has 35 heavy (non-hydrogen) atoms. The first-order chi connectivity index (χ1) is 16.8. The minimum atomic E-state index is -0.583. The zero-order chi connectivity index (χ0) is 24.9. The lowest BCUT2D eigenvalue weighted by Crippen LogP contribution is -2.49. The molecule has 2 aromatic carbocycles. The first kappa shape index (κ1) is 24.1. The number of nitro benzene ring substituents is 1. The number of nitrogens with zero attached hydrogens (tertiary/aromatic N) is 6. The first-order valence-electron chi connectivity index (χ1n) is 11.2. The van der Waals surface area contributed by atoms with Crippen molar-refractivity contribution in [3.8, 4) is 0 Å². The van der Waals surface area contributed by atoms with Crippen LogP contribution in [0.3, 0.4) is 0 Å². The molecular formula is C24H25FN6O4. The van der Waals surface area contributed by atoms with E-state index in [2.05, 4.69) is 15.0 Å². The summed E-state index contributed by atoms with van der Waals surface area (Å²) in [5.41, 5.74) is 1.08. The fraction of sp³-hybridized carbons (Fsp3) is 0.333. The maximum absolute atomic E-state index is 13.9. The van der Waals surface area contributed by atoms with Gasteiger partial charge in [-0.25, -0.2) is 4.39 Å². The molecule has 0 radical (unpaired) electrons. The number of nitro groups is 1. The molecule has 0 aromatic heterocycles. The normalized spacial score (nSPS) is 18.9. The van der Waals surface area contributed by atoms with Gasteiger partial charge in [-0.3, -0.25) is 29.6 Å². The molecule has 0 unspecified atom stereocenters. The van der Waals surface area contributed by atoms with Gasteiger partial charge in [-0.15, -0.1) is 0 Å². The molecule has 0 N–H and O–H groups in total. The van der Waals surface area contributed by atoms with Crippen molar-refractivity contribution >= 4 is 35.1 Å². The van der Waals surface area contributed by atoms with Crippen molar-refractivity contribution in [3.63, 3.8) is 0 Å². The highest BCUT2D eigenvalue weighted by molar-refractivity contribution is 6.23. The summed E-state index contributed by atoms with van der Waals surface area (Å²) >= 11 is 0. The van der Waals surface area contributed by atoms with Crippen molar-refractivity contribution in [2.75, 3.05) is 44.3 Å². The minimum Gasteiger partial charge on any atom is -0.336 e. The molecule has 2 heterocycles. The molecule has 2 amide bonds. The maximum Gasteiger partial charge on any atom is 0.269 e. The van der Waals surface area contributed by atoms with Crippen molar-refractivity contribution in [3.05, 3.63) is 70.0 Å². The number of hydrogen-bond acceptors (Lipinski definition) is 7. The van der Waals surface area contributed by atoms with E-state index in [4.69, 9.17) is 0 Å². The van der Waals surface area contributed by atoms with Crippen LogP contribution in [0, 0.1) is 21.8 Å². The van der Waals surface area contributed by atoms with Gasteiger partial charge in [-0.1, -0.05) is 12.1 Å². The largest absolute Gasteiger partial charge is 0.336 e. The third-order valence-corrected chi connectivity index (χ3v) is 6.05. The fourth-order valence-electron chi connectivity index (χ4n) is 4.01. The molecule has 182 valence electrons. The van der Waals surface area contributed by atoms with E-state index in [9.17, 15) is 24.1 Å². The molecule has 2 aliphatic heterocycles. The lowest BCUT2D eigenvalue weighted by Gasteiger charge is -2.34. The van der Waals surface area contributed by atoms with Gasteiger partial charge in [0.15, 0.2) is 0 Å². The van der Waals surface area contributed by atoms with Crippen molar-refractivity contribution in [2.24, 2.45) is 16.0 Å². The summed E-state index contributed by atoms with van der Waals surface area (Å²) < 4.78 is 13.9. The lowest BCUT2D eigenvalue weighted by atomic mass is 10.1. The molecule has 10 nitrogen and oxygen atoms in total. The van der Waals surface area contributed by atoms with Crippen LogP contribution in [-0.2, 0) is 4.79 Å². The second kappa shape index (κ2) is 10.5. The molecule has 1 fully saturated rings. The summed E-state index contributed by atoms with van der Waals surface area (Å²) in [6.45, 7) is 5.23. The first-order valence-corrected chi connectivity index (χ1v) is 11.2. The second-order valence-corrected chi connectivity index (χ2v) is 8.31. The van der Waals surface area contributed by atoms with Gasteiger partial charge < -0.3 is 4.90 Å². The minimum absolute atomic E-state index is 0.0587. The van der Waals surface area contributed by atoms with Crippen molar-refractivity contribution in [1.82, 2.24) is 9.80 Å². The van der Waals surface area contributed by atoms with Crippen LogP contribution < -0.4 is 5.01 Å². The van der Waals surface area contributed by atoms with Gasteiger partial charge in [0.05, 0.1) is 28.4 Å². The Bertz CT molecular complexity index is 1170. The zero-order valence-electron chi connectivity index (χ0n) is 19.2. The van der Waals surface area contributed by atoms with Gasteiger partial charge >= 0.3 is 0 Å². The van der Waals surface area contributed by atoms with Crippen molar-refractivity contribution < 1.29 is 18.9 Å². The van der Waals surface area contributed by atoms with Gasteiger partial charge in [0.25, 0.3) is 17.5 Å². The summed E-state index contributed by atoms with van der Waals surface area (Å²) in [4.78, 5) is 43.9. The average molecular weight is 481 g/mol. The molecule has 11 heteroatoms. The number of anilines is 1. The maximum atomic E-state index is 13.9. The Labute approximate surface area is 201 Å². The smallest absolute Gasteiger partial charge is 0.269 e. The van der Waals surface area contributed by atoms with Gasteiger partial charge in [0, 0.05) is 51.1 Å². The number of amides is 2. The topological polar surface area (TPSA) is 112 Å². The van der Waals surface area contributed by atoms with Gasteiger partial charge in [-0.2, -0.15) is 10.1 Å². The van der Waals surface area contributed by atoms with E-state index in [-0.39, 0.29) is 23.1 Å². The molecule has 0 aliphatic carbocycles. The number of aliphatic imine (C=N–C) groups is 1. The molecular weight excluding hydrogens is 455 g/mol. The van der Waals surface area contributed by atoms with Crippen LogP contribution >= 0.6 is 0 Å². The number of piperazine rings is 1. The number of hydrazone groups is 1. The SMILES string of the molecule is CC1=NN(c2ccc([N+](=O)[O-])cc2)C(=O)[C@H]1C=NCCN1CCN(C(=O)c2ccccc2F)CC1. The molecule has 1 saturated heterocycles. The highest BCUT2D eigenvalue weighted by atomic mass is 19.1. The third-order valence-electron chi connectivity index (χ3n) is 6.05. The number of carbonyl (C=O) groups excluding carboxylic acids is 2. The summed E-state index contributed by atoms with van der Waals surface area (Å²) in [7, 11) is 0.